The van der Waals surface area contributed by atoms with Crippen molar-refractivity contribution < 1.29 is 32.5 Å². The lowest BCUT2D eigenvalue weighted by molar-refractivity contribution is -0.198. The van der Waals surface area contributed by atoms with Crippen molar-refractivity contribution in [2.75, 3.05) is 30.3 Å². The number of nitrogen functional groups attached to an aromatic ring is 1. The van der Waals surface area contributed by atoms with Crippen LogP contribution >= 0.6 is 11.6 Å². The number of hydrogen-bond donors (Lipinski definition) is 3. The molecule has 2 aromatic carbocycles. The van der Waals surface area contributed by atoms with Crippen LogP contribution in [0, 0.1) is 12.3 Å². The summed E-state index contributed by atoms with van der Waals surface area (Å²) < 4.78 is 57.5. The van der Waals surface area contributed by atoms with E-state index in [1.54, 1.807) is 49.5 Å². The highest BCUT2D eigenvalue weighted by Crippen LogP contribution is 2.43. The molecule has 2 unspecified atom stereocenters. The largest absolute Gasteiger partial charge is 0.489 e. The van der Waals surface area contributed by atoms with Crippen molar-refractivity contribution in [3.63, 3.8) is 0 Å². The van der Waals surface area contributed by atoms with Crippen LogP contribution in [0.15, 0.2) is 54.7 Å². The molecule has 0 radical (unpaired) electrons. The molecule has 49 heavy (non-hydrogen) atoms. The number of anilines is 2. The molecule has 11 nitrogen and oxygen atoms in total. The number of nitrogens with two attached hydrogens (primary N) is 1. The van der Waals surface area contributed by atoms with E-state index >= 15 is 0 Å². The Kier molecular flexibility index (Phi) is 9.38. The van der Waals surface area contributed by atoms with Gasteiger partial charge in [0.05, 0.1) is 22.5 Å². The molecule has 2 aliphatic rings. The van der Waals surface area contributed by atoms with Crippen LogP contribution in [0.5, 0.6) is 11.6 Å². The Morgan fingerprint density at radius 3 is 2.41 bits per heavy atom. The van der Waals surface area contributed by atoms with Gasteiger partial charge in [-0.3, -0.25) is 4.79 Å². The summed E-state index contributed by atoms with van der Waals surface area (Å²) in [5, 5.41) is 17.3. The van der Waals surface area contributed by atoms with Gasteiger partial charge in [0, 0.05) is 37.5 Å². The summed E-state index contributed by atoms with van der Waals surface area (Å²) in [4.78, 5) is 21.7. The Hall–Kier alpha value is -4.56. The molecule has 260 valence electrons. The number of aryl methyl sites for hydroxylation is 1. The molecular weight excluding hydrogens is 663 g/mol. The Balaban J connectivity index is 1.30. The number of nitrogens with zero attached hydrogens (tertiary/aromatic N) is 5. The second-order valence-electron chi connectivity index (χ2n) is 12.9. The molecule has 4 heterocycles. The molecule has 0 amide bonds. The molecule has 0 aliphatic carbocycles. The lowest BCUT2D eigenvalue weighted by atomic mass is 9.76. The van der Waals surface area contributed by atoms with Crippen LogP contribution in [0.2, 0.25) is 5.02 Å². The van der Waals surface area contributed by atoms with Crippen molar-refractivity contribution in [3.8, 4) is 28.4 Å². The van der Waals surface area contributed by atoms with E-state index in [0.717, 1.165) is 0 Å². The predicted molar refractivity (Wildman–Crippen MR) is 178 cm³/mol. The van der Waals surface area contributed by atoms with Crippen LogP contribution in [-0.2, 0) is 4.79 Å². The minimum absolute atomic E-state index is 0.0899. The second kappa shape index (κ2) is 13.4. The van der Waals surface area contributed by atoms with Gasteiger partial charge in [-0.15, -0.1) is 0 Å². The van der Waals surface area contributed by atoms with E-state index in [1.165, 1.54) is 16.8 Å². The lowest BCUT2D eigenvalue weighted by Gasteiger charge is -2.39. The van der Waals surface area contributed by atoms with Crippen molar-refractivity contribution in [2.24, 2.45) is 5.41 Å². The van der Waals surface area contributed by atoms with Crippen molar-refractivity contribution in [3.05, 3.63) is 71.0 Å². The number of rotatable bonds is 9. The van der Waals surface area contributed by atoms with E-state index < -0.39 is 24.3 Å². The maximum absolute atomic E-state index is 14.9. The van der Waals surface area contributed by atoms with Gasteiger partial charge in [-0.05, 0) is 80.8 Å². The molecule has 2 atom stereocenters. The molecule has 2 saturated heterocycles. The molecule has 2 fully saturated rings. The molecule has 2 aliphatic heterocycles. The monoisotopic (exact) mass is 699 g/mol. The summed E-state index contributed by atoms with van der Waals surface area (Å²) >= 11 is 6.48. The van der Waals surface area contributed by atoms with Gasteiger partial charge >= 0.3 is 12.1 Å². The van der Waals surface area contributed by atoms with Crippen LogP contribution in [0.4, 0.5) is 24.9 Å². The van der Waals surface area contributed by atoms with Crippen LogP contribution in [-0.4, -0.2) is 68.8 Å². The third-order valence-electron chi connectivity index (χ3n) is 8.96. The summed E-state index contributed by atoms with van der Waals surface area (Å²) in [7, 11) is 0. The van der Waals surface area contributed by atoms with Crippen LogP contribution in [0.3, 0.4) is 0 Å². The number of nitrogens with one attached hydrogen (secondary N) is 1. The topological polar surface area (TPSA) is 141 Å². The third kappa shape index (κ3) is 7.54. The zero-order chi connectivity index (χ0) is 35.1. The summed E-state index contributed by atoms with van der Waals surface area (Å²) in [5.41, 5.74) is 7.68. The van der Waals surface area contributed by atoms with Gasteiger partial charge in [0.15, 0.2) is 0 Å². The number of carboxylic acid groups (broad SMARTS) is 1. The number of benzene rings is 2. The van der Waals surface area contributed by atoms with Crippen molar-refractivity contribution in [1.82, 2.24) is 25.1 Å². The average Bonchev–Trinajstić information content (AvgIpc) is 3.66. The fraction of sp³-hybridized carbons (Fsp3) is 0.412. The summed E-state index contributed by atoms with van der Waals surface area (Å²) in [6, 6.07) is 12.2. The van der Waals surface area contributed by atoms with Crippen molar-refractivity contribution in [1.29, 1.82) is 0 Å². The number of halogens is 4. The zero-order valence-corrected chi connectivity index (χ0v) is 27.9. The molecule has 4 aromatic rings. The Bertz CT molecular complexity index is 1840. The van der Waals surface area contributed by atoms with Gasteiger partial charge in [-0.2, -0.15) is 28.2 Å². The van der Waals surface area contributed by atoms with E-state index in [2.05, 4.69) is 20.4 Å². The second-order valence-corrected chi connectivity index (χ2v) is 13.3. The summed E-state index contributed by atoms with van der Waals surface area (Å²) in [5.74, 6) is -0.612. The van der Waals surface area contributed by atoms with Gasteiger partial charge in [0.1, 0.15) is 17.6 Å². The van der Waals surface area contributed by atoms with Crippen molar-refractivity contribution in [2.45, 2.75) is 64.5 Å². The number of aliphatic carboxylic acids is 1. The van der Waals surface area contributed by atoms with Gasteiger partial charge < -0.3 is 30.5 Å². The first kappa shape index (κ1) is 34.3. The van der Waals surface area contributed by atoms with Crippen LogP contribution < -0.4 is 25.4 Å². The minimum Gasteiger partial charge on any atom is -0.489 e. The number of carboxylic acids is 1. The maximum atomic E-state index is 14.9. The number of hydrogen-bond acceptors (Lipinski definition) is 9. The molecule has 0 saturated carbocycles. The summed E-state index contributed by atoms with van der Waals surface area (Å²) in [6.45, 7) is 7.14. The Labute approximate surface area is 286 Å². The molecule has 6 rings (SSSR count). The van der Waals surface area contributed by atoms with E-state index in [9.17, 15) is 23.1 Å². The summed E-state index contributed by atoms with van der Waals surface area (Å²) in [6.07, 6.45) is -3.90. The van der Waals surface area contributed by atoms with Gasteiger partial charge in [0.2, 0.25) is 17.9 Å². The first-order valence-corrected chi connectivity index (χ1v) is 16.3. The number of aromatic nitrogens is 4. The number of piperidine rings is 1. The highest BCUT2D eigenvalue weighted by molar-refractivity contribution is 6.32. The minimum atomic E-state index is -4.86. The van der Waals surface area contributed by atoms with E-state index in [4.69, 9.17) is 26.8 Å². The number of ether oxygens (including phenoxy) is 2. The first-order chi connectivity index (χ1) is 23.2. The fourth-order valence-electron chi connectivity index (χ4n) is 6.49. The molecule has 15 heteroatoms. The standard InChI is InChI=1S/C34H37ClF3N7O4/c1-19(2)48-27-7-5-21(14-24(27)35)22-4-6-23(26(15-22)45-11-8-20(3)43-45)30(34(36,37)38)49-29-16-28(41-32(39)42-29)44-12-9-33(10-13-44)17-25(31(46)47)40-18-33/h4-8,11,14-16,19,25,30,40H,9-10,12-13,17-18H2,1-3H3,(H,46,47)(H2,39,41,42). The Morgan fingerprint density at radius 1 is 1.08 bits per heavy atom. The Morgan fingerprint density at radius 2 is 1.80 bits per heavy atom. The highest BCUT2D eigenvalue weighted by Gasteiger charge is 2.46. The van der Waals surface area contributed by atoms with E-state index in [0.29, 0.717) is 72.3 Å². The van der Waals surface area contributed by atoms with Crippen LogP contribution in [0.25, 0.3) is 16.8 Å². The normalized spacial score (nSPS) is 18.2. The molecule has 0 bridgehead atoms. The number of alkyl halides is 3. The fourth-order valence-corrected chi connectivity index (χ4v) is 6.71. The predicted octanol–water partition coefficient (Wildman–Crippen LogP) is 6.38. The molecule has 1 spiro atoms. The zero-order valence-electron chi connectivity index (χ0n) is 27.2. The lowest BCUT2D eigenvalue weighted by Crippen LogP contribution is -2.41. The highest BCUT2D eigenvalue weighted by atomic mass is 35.5. The third-order valence-corrected chi connectivity index (χ3v) is 9.25. The molecule has 2 aromatic heterocycles. The smallest absolute Gasteiger partial charge is 0.429 e. The SMILES string of the molecule is Cc1ccn(-c2cc(-c3ccc(OC(C)C)c(Cl)c3)ccc2C(Oc2cc(N3CCC4(CC3)CNC(C(=O)O)C4)nc(N)n2)C(F)(F)F)n1. The van der Waals surface area contributed by atoms with Gasteiger partial charge in [-0.1, -0.05) is 29.8 Å². The maximum Gasteiger partial charge on any atom is 0.429 e. The van der Waals surface area contributed by atoms with Crippen molar-refractivity contribution >= 4 is 29.3 Å². The number of carbonyl (C=O) groups is 1. The van der Waals surface area contributed by atoms with E-state index in [1.807, 2.05) is 18.7 Å². The molecule has 4 N–H and O–H groups in total. The van der Waals surface area contributed by atoms with Crippen LogP contribution in [0.1, 0.15) is 50.5 Å². The first-order valence-electron chi connectivity index (χ1n) is 15.9. The quantitative estimate of drug-likeness (QED) is 0.180. The average molecular weight is 700 g/mol. The van der Waals surface area contributed by atoms with E-state index in [-0.39, 0.29) is 34.6 Å². The van der Waals surface area contributed by atoms with Gasteiger partial charge in [-0.25, -0.2) is 4.68 Å². The molecular formula is C34H37ClF3N7O4. The van der Waals surface area contributed by atoms with Gasteiger partial charge in [0.25, 0.3) is 0 Å².